The van der Waals surface area contributed by atoms with Crippen molar-refractivity contribution in [1.29, 1.82) is 0 Å². The molecule has 0 aliphatic carbocycles. The van der Waals surface area contributed by atoms with Crippen LogP contribution in [0.1, 0.15) is 258 Å². The van der Waals surface area contributed by atoms with Crippen LogP contribution in [0.5, 0.6) is 0 Å². The van der Waals surface area contributed by atoms with E-state index >= 15 is 0 Å². The zero-order valence-electron chi connectivity index (χ0n) is 50.0. The molecule has 0 saturated carbocycles. The molecule has 10 heteroatoms. The van der Waals surface area contributed by atoms with Gasteiger partial charge in [-0.3, -0.25) is 18.6 Å². The van der Waals surface area contributed by atoms with E-state index < -0.39 is 20.0 Å². The largest absolute Gasteiger partial charge is 0.472 e. The number of unbranched alkanes of at least 4 members (excludes halogenated alkanes) is 26. The van der Waals surface area contributed by atoms with Crippen molar-refractivity contribution < 1.29 is 37.3 Å². The number of rotatable bonds is 55. The van der Waals surface area contributed by atoms with E-state index in [1.165, 1.54) is 109 Å². The van der Waals surface area contributed by atoms with Crippen molar-refractivity contribution in [2.45, 2.75) is 270 Å². The Hall–Kier alpha value is -3.07. The number of phosphoric ester groups is 1. The molecule has 438 valence electrons. The summed E-state index contributed by atoms with van der Waals surface area (Å²) in [6, 6.07) is -0.872. The molecule has 0 aliphatic heterocycles. The fourth-order valence-corrected chi connectivity index (χ4v) is 9.22. The van der Waals surface area contributed by atoms with Gasteiger partial charge in [-0.15, -0.1) is 0 Å². The summed E-state index contributed by atoms with van der Waals surface area (Å²) in [6.45, 7) is 6.85. The fourth-order valence-electron chi connectivity index (χ4n) is 8.49. The van der Waals surface area contributed by atoms with E-state index in [1.807, 2.05) is 33.3 Å². The first-order valence-electron chi connectivity index (χ1n) is 31.1. The Labute approximate surface area is 468 Å². The van der Waals surface area contributed by atoms with E-state index in [9.17, 15) is 19.0 Å². The molecule has 0 saturated heterocycles. The van der Waals surface area contributed by atoms with Crippen LogP contribution in [-0.2, 0) is 27.9 Å². The van der Waals surface area contributed by atoms with Crippen molar-refractivity contribution in [1.82, 2.24) is 5.32 Å². The number of carbonyl (C=O) groups excluding carboxylic acids is 2. The van der Waals surface area contributed by atoms with Crippen LogP contribution in [0.4, 0.5) is 0 Å². The van der Waals surface area contributed by atoms with Gasteiger partial charge in [0.2, 0.25) is 5.91 Å². The van der Waals surface area contributed by atoms with Gasteiger partial charge in [-0.2, -0.15) is 0 Å². The summed E-state index contributed by atoms with van der Waals surface area (Å²) in [6.07, 6.45) is 74.1. The standard InChI is InChI=1S/C66H117N2O7P/c1-7-10-13-16-19-22-25-27-29-31-32-33-34-35-36-37-39-41-44-47-50-53-56-59-66(70)75-64(57-54-51-48-45-42-24-21-18-15-12-9-3)63(62-74-76(71,72)73-61-60-68(4,5)6)67-65(69)58-55-52-49-46-43-40-38-30-28-26-23-20-17-14-11-8-2/h10,13,19,22,27,29-30,32-33,35-36,38,40,43,54,57,63-64H,7-9,11-12,14-18,20-21,23-26,28,31,34,37,39,41-42,44-53,55-56,58-62H2,1-6H3,(H-,67,69,71,72)/p+1/b13-10-,22-19-,29-27-,33-32-,36-35-,38-30+,43-40+,57-54-. The highest BCUT2D eigenvalue weighted by Crippen LogP contribution is 2.43. The molecule has 0 aromatic carbocycles. The molecule has 0 bridgehead atoms. The molecular weight excluding hydrogens is 964 g/mol. The lowest BCUT2D eigenvalue weighted by molar-refractivity contribution is -0.870. The Kier molecular flexibility index (Phi) is 53.0. The van der Waals surface area contributed by atoms with Gasteiger partial charge in [-0.1, -0.05) is 240 Å². The van der Waals surface area contributed by atoms with Gasteiger partial charge in [0.25, 0.3) is 0 Å². The lowest BCUT2D eigenvalue weighted by Crippen LogP contribution is -2.47. The molecule has 0 aliphatic rings. The number of quaternary nitrogens is 1. The number of nitrogens with one attached hydrogen (secondary N) is 1. The molecule has 0 aromatic heterocycles. The van der Waals surface area contributed by atoms with Crippen molar-refractivity contribution in [3.63, 3.8) is 0 Å². The van der Waals surface area contributed by atoms with Gasteiger partial charge < -0.3 is 19.4 Å². The summed E-state index contributed by atoms with van der Waals surface area (Å²) >= 11 is 0. The average Bonchev–Trinajstić information content (AvgIpc) is 3.38. The number of likely N-dealkylation sites (N-methyl/N-ethyl adjacent to an activating group) is 1. The number of ether oxygens (including phenoxy) is 1. The van der Waals surface area contributed by atoms with E-state index in [0.717, 1.165) is 109 Å². The van der Waals surface area contributed by atoms with E-state index in [0.29, 0.717) is 23.9 Å². The molecule has 0 radical (unpaired) electrons. The van der Waals surface area contributed by atoms with Crippen molar-refractivity contribution in [2.75, 3.05) is 40.9 Å². The fraction of sp³-hybridized carbons (Fsp3) is 0.727. The van der Waals surface area contributed by atoms with Gasteiger partial charge in [-0.05, 0) is 102 Å². The predicted molar refractivity (Wildman–Crippen MR) is 327 cm³/mol. The number of phosphoric acid groups is 1. The van der Waals surface area contributed by atoms with Crippen LogP contribution in [0.2, 0.25) is 0 Å². The number of nitrogens with zero attached hydrogens (tertiary/aromatic N) is 1. The van der Waals surface area contributed by atoms with Crippen LogP contribution in [0.15, 0.2) is 97.2 Å². The second kappa shape index (κ2) is 55.3. The second-order valence-electron chi connectivity index (χ2n) is 21.9. The Morgan fingerprint density at radius 3 is 1.36 bits per heavy atom. The molecule has 9 nitrogen and oxygen atoms in total. The number of hydrogen-bond acceptors (Lipinski definition) is 6. The summed E-state index contributed by atoms with van der Waals surface area (Å²) in [4.78, 5) is 37.7. The number of carbonyl (C=O) groups is 2. The summed E-state index contributed by atoms with van der Waals surface area (Å²) < 4.78 is 30.6. The quantitative estimate of drug-likeness (QED) is 0.0156. The highest BCUT2D eigenvalue weighted by Gasteiger charge is 2.30. The van der Waals surface area contributed by atoms with Gasteiger partial charge in [-0.25, -0.2) is 4.57 Å². The van der Waals surface area contributed by atoms with Crippen LogP contribution in [0.25, 0.3) is 0 Å². The number of amides is 1. The molecular formula is C66H118N2O7P+. The molecule has 3 atom stereocenters. The molecule has 1 amide bonds. The minimum atomic E-state index is -4.46. The SMILES string of the molecule is CC/C=C\C/C=C\C/C=C\C/C=C\C/C=C\CCCCCCCCCC(=O)OC(/C=C\CCCCCCCCCCC)C(COP(=O)(O)OCC[N+](C)(C)C)NC(=O)CCCCC/C=C/C=C/CCCCCCCCC. The normalized spacial score (nSPS) is 14.4. The lowest BCUT2D eigenvalue weighted by Gasteiger charge is -2.27. The Morgan fingerprint density at radius 2 is 0.882 bits per heavy atom. The van der Waals surface area contributed by atoms with E-state index in [1.54, 1.807) is 0 Å². The third-order valence-corrected chi connectivity index (χ3v) is 14.3. The zero-order valence-corrected chi connectivity index (χ0v) is 50.9. The van der Waals surface area contributed by atoms with Gasteiger partial charge >= 0.3 is 13.8 Å². The summed E-state index contributed by atoms with van der Waals surface area (Å²) in [7, 11) is 1.46. The van der Waals surface area contributed by atoms with Gasteiger partial charge in [0.05, 0.1) is 33.8 Å². The van der Waals surface area contributed by atoms with Crippen molar-refractivity contribution >= 4 is 19.7 Å². The predicted octanol–water partition coefficient (Wildman–Crippen LogP) is 19.2. The minimum Gasteiger partial charge on any atom is -0.456 e. The van der Waals surface area contributed by atoms with E-state index in [2.05, 4.69) is 111 Å². The summed E-state index contributed by atoms with van der Waals surface area (Å²) in [5.74, 6) is -0.552. The van der Waals surface area contributed by atoms with Crippen LogP contribution in [0, 0.1) is 0 Å². The Bertz CT molecular complexity index is 1620. The molecule has 3 unspecified atom stereocenters. The summed E-state index contributed by atoms with van der Waals surface area (Å²) in [5.41, 5.74) is 0. The molecule has 76 heavy (non-hydrogen) atoms. The Morgan fingerprint density at radius 1 is 0.487 bits per heavy atom. The third-order valence-electron chi connectivity index (χ3n) is 13.3. The van der Waals surface area contributed by atoms with E-state index in [-0.39, 0.29) is 31.5 Å². The molecule has 0 fully saturated rings. The first kappa shape index (κ1) is 72.9. The summed E-state index contributed by atoms with van der Waals surface area (Å²) in [5, 5.41) is 3.03. The highest BCUT2D eigenvalue weighted by molar-refractivity contribution is 7.47. The van der Waals surface area contributed by atoms with Gasteiger partial charge in [0, 0.05) is 12.8 Å². The minimum absolute atomic E-state index is 0.0290. The average molecular weight is 1080 g/mol. The third kappa shape index (κ3) is 55.7. The van der Waals surface area contributed by atoms with Crippen LogP contribution >= 0.6 is 7.82 Å². The van der Waals surface area contributed by atoms with Crippen molar-refractivity contribution in [2.24, 2.45) is 0 Å². The van der Waals surface area contributed by atoms with Crippen molar-refractivity contribution in [3.8, 4) is 0 Å². The topological polar surface area (TPSA) is 111 Å². The highest BCUT2D eigenvalue weighted by atomic mass is 31.2. The number of hydrogen-bond donors (Lipinski definition) is 2. The van der Waals surface area contributed by atoms with Crippen LogP contribution in [0.3, 0.4) is 0 Å². The van der Waals surface area contributed by atoms with Gasteiger partial charge in [0.15, 0.2) is 0 Å². The number of esters is 1. The monoisotopic (exact) mass is 1080 g/mol. The zero-order chi connectivity index (χ0) is 55.7. The maximum absolute atomic E-state index is 13.5. The molecule has 2 N–H and O–H groups in total. The first-order chi connectivity index (χ1) is 36.9. The molecule has 0 heterocycles. The maximum Gasteiger partial charge on any atom is 0.472 e. The molecule has 0 aromatic rings. The van der Waals surface area contributed by atoms with Crippen LogP contribution < -0.4 is 5.32 Å². The van der Waals surface area contributed by atoms with Gasteiger partial charge in [0.1, 0.15) is 19.3 Å². The molecule has 0 rings (SSSR count). The first-order valence-corrected chi connectivity index (χ1v) is 32.6. The van der Waals surface area contributed by atoms with Crippen LogP contribution in [-0.4, -0.2) is 74.3 Å². The molecule has 0 spiro atoms. The smallest absolute Gasteiger partial charge is 0.456 e. The Balaban J connectivity index is 5.26. The van der Waals surface area contributed by atoms with E-state index in [4.69, 9.17) is 13.8 Å². The number of allylic oxidation sites excluding steroid dienone is 15. The lowest BCUT2D eigenvalue weighted by atomic mass is 10.1. The maximum atomic E-state index is 13.5. The van der Waals surface area contributed by atoms with Crippen molar-refractivity contribution in [3.05, 3.63) is 97.2 Å². The second-order valence-corrected chi connectivity index (χ2v) is 23.3.